The second-order valence-electron chi connectivity index (χ2n) is 6.60. The van der Waals surface area contributed by atoms with Gasteiger partial charge in [-0.3, -0.25) is 9.69 Å². The molecule has 0 spiro atoms. The van der Waals surface area contributed by atoms with Gasteiger partial charge in [-0.25, -0.2) is 0 Å². The van der Waals surface area contributed by atoms with Crippen molar-refractivity contribution < 1.29 is 9.53 Å². The molecule has 8 heteroatoms. The number of hydrogen-bond donors (Lipinski definition) is 0. The highest BCUT2D eigenvalue weighted by Gasteiger charge is 2.34. The zero-order valence-electron chi connectivity index (χ0n) is 15.8. The molecule has 0 bridgehead atoms. The van der Waals surface area contributed by atoms with Crippen molar-refractivity contribution in [2.45, 2.75) is 6.61 Å². The Morgan fingerprint density at radius 3 is 2.45 bits per heavy atom. The third kappa shape index (κ3) is 5.25. The van der Waals surface area contributed by atoms with Crippen LogP contribution in [0.2, 0.25) is 15.1 Å². The van der Waals surface area contributed by atoms with Gasteiger partial charge in [-0.15, -0.1) is 0 Å². The molecule has 3 nitrogen and oxygen atoms in total. The number of hydrogen-bond acceptors (Lipinski definition) is 4. The van der Waals surface area contributed by atoms with Gasteiger partial charge in [0.2, 0.25) is 0 Å². The van der Waals surface area contributed by atoms with Crippen LogP contribution in [0.3, 0.4) is 0 Å². The molecule has 1 saturated heterocycles. The number of carbonyl (C=O) groups excluding carboxylic acids is 1. The summed E-state index contributed by atoms with van der Waals surface area (Å²) in [5.74, 6) is 0.464. The first-order chi connectivity index (χ1) is 14.9. The van der Waals surface area contributed by atoms with Crippen molar-refractivity contribution in [1.29, 1.82) is 0 Å². The summed E-state index contributed by atoms with van der Waals surface area (Å²) in [5.41, 5.74) is 2.35. The van der Waals surface area contributed by atoms with E-state index in [2.05, 4.69) is 0 Å². The first-order valence-corrected chi connectivity index (χ1v) is 11.5. The largest absolute Gasteiger partial charge is 0.489 e. The van der Waals surface area contributed by atoms with Gasteiger partial charge in [-0.05, 0) is 59.7 Å². The van der Waals surface area contributed by atoms with Gasteiger partial charge in [0.1, 0.15) is 12.4 Å². The van der Waals surface area contributed by atoms with Gasteiger partial charge in [0, 0.05) is 10.0 Å². The van der Waals surface area contributed by atoms with Crippen LogP contribution in [0.25, 0.3) is 6.08 Å². The van der Waals surface area contributed by atoms with E-state index in [-0.39, 0.29) is 5.91 Å². The minimum atomic E-state index is -0.230. The Kier molecular flexibility index (Phi) is 6.89. The molecule has 1 aliphatic heterocycles. The first kappa shape index (κ1) is 22.2. The van der Waals surface area contributed by atoms with Crippen LogP contribution in [0.1, 0.15) is 11.1 Å². The second-order valence-corrected chi connectivity index (χ2v) is 9.56. The summed E-state index contributed by atoms with van der Waals surface area (Å²) < 4.78 is 6.28. The molecule has 1 amide bonds. The molecule has 0 atom stereocenters. The molecule has 0 N–H and O–H groups in total. The number of amides is 1. The highest BCUT2D eigenvalue weighted by molar-refractivity contribution is 8.27. The molecule has 3 aromatic carbocycles. The van der Waals surface area contributed by atoms with E-state index in [0.29, 0.717) is 42.3 Å². The lowest BCUT2D eigenvalue weighted by Gasteiger charge is -2.16. The van der Waals surface area contributed by atoms with E-state index in [1.807, 2.05) is 48.5 Å². The fourth-order valence-corrected chi connectivity index (χ4v) is 4.83. The molecule has 0 saturated carbocycles. The number of thiocarbonyl (C=S) groups is 1. The number of rotatable bonds is 5. The molecule has 1 fully saturated rings. The molecule has 156 valence electrons. The molecule has 1 heterocycles. The summed E-state index contributed by atoms with van der Waals surface area (Å²) in [4.78, 5) is 14.9. The Morgan fingerprint density at radius 2 is 1.71 bits per heavy atom. The van der Waals surface area contributed by atoms with Gasteiger partial charge in [0.25, 0.3) is 5.91 Å². The molecule has 0 aromatic heterocycles. The second kappa shape index (κ2) is 9.63. The molecule has 0 unspecified atom stereocenters. The van der Waals surface area contributed by atoms with Gasteiger partial charge in [0.15, 0.2) is 4.32 Å². The molecule has 31 heavy (non-hydrogen) atoms. The maximum Gasteiger partial charge on any atom is 0.270 e. The molecule has 1 aliphatic rings. The predicted octanol–water partition coefficient (Wildman–Crippen LogP) is 7.63. The minimum Gasteiger partial charge on any atom is -0.489 e. The quantitative estimate of drug-likeness (QED) is 0.263. The zero-order valence-corrected chi connectivity index (χ0v) is 19.8. The number of benzene rings is 3. The minimum absolute atomic E-state index is 0.230. The molecular weight excluding hydrogens is 493 g/mol. The maximum atomic E-state index is 13.0. The Labute approximate surface area is 204 Å². The summed E-state index contributed by atoms with van der Waals surface area (Å²) >= 11 is 24.8. The lowest BCUT2D eigenvalue weighted by molar-refractivity contribution is -0.113. The topological polar surface area (TPSA) is 29.5 Å². The van der Waals surface area contributed by atoms with Crippen LogP contribution in [-0.2, 0) is 11.4 Å². The summed E-state index contributed by atoms with van der Waals surface area (Å²) in [7, 11) is 0. The van der Waals surface area contributed by atoms with E-state index >= 15 is 0 Å². The summed E-state index contributed by atoms with van der Waals surface area (Å²) in [6.07, 6.45) is 1.79. The summed E-state index contributed by atoms with van der Waals surface area (Å²) in [6.45, 7) is 0.414. The lowest BCUT2D eigenvalue weighted by atomic mass is 10.2. The summed E-state index contributed by atoms with van der Waals surface area (Å²) in [5, 5.41) is 1.54. The molecule has 3 aromatic rings. The van der Waals surface area contributed by atoms with E-state index in [1.165, 1.54) is 16.7 Å². The van der Waals surface area contributed by atoms with Crippen molar-refractivity contribution >= 4 is 80.8 Å². The Hall–Kier alpha value is -2.02. The van der Waals surface area contributed by atoms with Gasteiger partial charge in [-0.2, -0.15) is 0 Å². The zero-order chi connectivity index (χ0) is 22.0. The van der Waals surface area contributed by atoms with Crippen LogP contribution < -0.4 is 9.64 Å². The van der Waals surface area contributed by atoms with Gasteiger partial charge in [-0.1, -0.05) is 83.0 Å². The Balaban J connectivity index is 1.52. The first-order valence-electron chi connectivity index (χ1n) is 9.11. The fourth-order valence-electron chi connectivity index (χ4n) is 2.93. The van der Waals surface area contributed by atoms with E-state index < -0.39 is 0 Å². The van der Waals surface area contributed by atoms with Gasteiger partial charge in [0.05, 0.1) is 15.6 Å². The van der Waals surface area contributed by atoms with Crippen molar-refractivity contribution in [3.8, 4) is 5.75 Å². The summed E-state index contributed by atoms with van der Waals surface area (Å²) in [6, 6.07) is 19.9. The molecule has 0 radical (unpaired) electrons. The Bertz CT molecular complexity index is 1200. The van der Waals surface area contributed by atoms with Crippen LogP contribution in [0.5, 0.6) is 5.75 Å². The van der Waals surface area contributed by atoms with E-state index in [9.17, 15) is 4.79 Å². The standard InChI is InChI=1S/C23H14Cl3NO2S2/c24-16-6-4-14(5-7-16)13-29-18-3-1-2-15(10-18)11-21-22(28)27(23(30)31-21)20-9-8-17(25)12-19(20)26/h1-12H,13H2/b21-11-. The average Bonchev–Trinajstić information content (AvgIpc) is 3.01. The number of nitrogens with zero attached hydrogens (tertiary/aromatic N) is 1. The van der Waals surface area contributed by atoms with E-state index in [4.69, 9.17) is 51.8 Å². The van der Waals surface area contributed by atoms with Gasteiger partial charge >= 0.3 is 0 Å². The fraction of sp³-hybridized carbons (Fsp3) is 0.0435. The third-order valence-electron chi connectivity index (χ3n) is 4.42. The SMILES string of the molecule is O=C1/C(=C/c2cccc(OCc3ccc(Cl)cc3)c2)SC(=S)N1c1ccc(Cl)cc1Cl. The number of halogens is 3. The van der Waals surface area contributed by atoms with Gasteiger partial charge < -0.3 is 4.74 Å². The van der Waals surface area contributed by atoms with Crippen LogP contribution in [0.4, 0.5) is 5.69 Å². The average molecular weight is 507 g/mol. The highest BCUT2D eigenvalue weighted by atomic mass is 35.5. The molecule has 0 aliphatic carbocycles. The van der Waals surface area contributed by atoms with Crippen molar-refractivity contribution in [3.05, 3.63) is 97.8 Å². The van der Waals surface area contributed by atoms with E-state index in [1.54, 1.807) is 24.3 Å². The van der Waals surface area contributed by atoms with E-state index in [0.717, 1.165) is 11.1 Å². The van der Waals surface area contributed by atoms with Crippen LogP contribution in [-0.4, -0.2) is 10.2 Å². The Morgan fingerprint density at radius 1 is 0.968 bits per heavy atom. The predicted molar refractivity (Wildman–Crippen MR) is 134 cm³/mol. The lowest BCUT2D eigenvalue weighted by Crippen LogP contribution is -2.27. The third-order valence-corrected chi connectivity index (χ3v) is 6.51. The number of anilines is 1. The van der Waals surface area contributed by atoms with Crippen LogP contribution in [0.15, 0.2) is 71.6 Å². The molecular formula is C23H14Cl3NO2S2. The maximum absolute atomic E-state index is 13.0. The number of thioether (sulfide) groups is 1. The van der Waals surface area contributed by atoms with Crippen LogP contribution in [0, 0.1) is 0 Å². The normalized spacial score (nSPS) is 15.1. The monoisotopic (exact) mass is 505 g/mol. The molecule has 4 rings (SSSR count). The van der Waals surface area contributed by atoms with Crippen molar-refractivity contribution in [2.75, 3.05) is 4.90 Å². The number of carbonyl (C=O) groups is 1. The van der Waals surface area contributed by atoms with Crippen molar-refractivity contribution in [3.63, 3.8) is 0 Å². The smallest absolute Gasteiger partial charge is 0.270 e. The highest BCUT2D eigenvalue weighted by Crippen LogP contribution is 2.39. The van der Waals surface area contributed by atoms with Crippen LogP contribution >= 0.6 is 58.8 Å². The van der Waals surface area contributed by atoms with Crippen molar-refractivity contribution in [2.24, 2.45) is 0 Å². The van der Waals surface area contributed by atoms with Crippen molar-refractivity contribution in [1.82, 2.24) is 0 Å². The number of ether oxygens (including phenoxy) is 1.